The van der Waals surface area contributed by atoms with Gasteiger partial charge in [-0.3, -0.25) is 9.79 Å². The first-order valence-corrected chi connectivity index (χ1v) is 8.15. The number of hydrogen-bond donors (Lipinski definition) is 0. The minimum Gasteiger partial charge on any atom is -0.339 e. The third kappa shape index (κ3) is 2.03. The molecule has 1 spiro atoms. The van der Waals surface area contributed by atoms with E-state index >= 15 is 0 Å². The number of fused-ring (bicyclic) bond motifs is 2. The second-order valence-electron chi connectivity index (χ2n) is 6.72. The fourth-order valence-electron chi connectivity index (χ4n) is 3.87. The number of amides is 1. The highest BCUT2D eigenvalue weighted by Crippen LogP contribution is 2.48. The number of likely N-dealkylation sites (tertiary alicyclic amines) is 1. The van der Waals surface area contributed by atoms with Crippen LogP contribution in [0.15, 0.2) is 59.6 Å². The standard InChI is InChI=1S/C20H20N2O/c1-14(2)22-13-20(12-18(22)23)16-10-6-7-11-17(16)21-19(20)15-8-4-3-5-9-15/h3-11,14H,12-13H2,1-2H3. The molecule has 0 saturated carbocycles. The van der Waals surface area contributed by atoms with E-state index in [1.165, 1.54) is 5.56 Å². The molecule has 4 rings (SSSR count). The molecule has 0 aromatic heterocycles. The molecule has 2 heterocycles. The quantitative estimate of drug-likeness (QED) is 0.832. The minimum atomic E-state index is -0.306. The molecule has 0 radical (unpaired) electrons. The smallest absolute Gasteiger partial charge is 0.224 e. The lowest BCUT2D eigenvalue weighted by Gasteiger charge is -2.28. The molecule has 1 saturated heterocycles. The maximum Gasteiger partial charge on any atom is 0.224 e. The first-order valence-electron chi connectivity index (χ1n) is 8.15. The Morgan fingerprint density at radius 3 is 2.43 bits per heavy atom. The van der Waals surface area contributed by atoms with Crippen LogP contribution in [0.2, 0.25) is 0 Å². The zero-order valence-electron chi connectivity index (χ0n) is 13.5. The van der Waals surface area contributed by atoms with E-state index in [0.29, 0.717) is 13.0 Å². The number of carbonyl (C=O) groups is 1. The monoisotopic (exact) mass is 304 g/mol. The van der Waals surface area contributed by atoms with E-state index in [1.807, 2.05) is 35.2 Å². The summed E-state index contributed by atoms with van der Waals surface area (Å²) < 4.78 is 0. The molecule has 1 amide bonds. The predicted molar refractivity (Wildman–Crippen MR) is 92.2 cm³/mol. The summed E-state index contributed by atoms with van der Waals surface area (Å²) in [6.45, 7) is 4.88. The van der Waals surface area contributed by atoms with Crippen LogP contribution in [0.25, 0.3) is 0 Å². The fraction of sp³-hybridized carbons (Fsp3) is 0.300. The van der Waals surface area contributed by atoms with Crippen LogP contribution in [-0.2, 0) is 10.2 Å². The van der Waals surface area contributed by atoms with Crippen molar-refractivity contribution in [2.24, 2.45) is 4.99 Å². The van der Waals surface area contributed by atoms with Gasteiger partial charge in [0.05, 0.1) is 16.8 Å². The largest absolute Gasteiger partial charge is 0.339 e. The molecule has 23 heavy (non-hydrogen) atoms. The Morgan fingerprint density at radius 1 is 1.04 bits per heavy atom. The number of para-hydroxylation sites is 1. The molecule has 0 bridgehead atoms. The molecule has 3 heteroatoms. The number of benzene rings is 2. The van der Waals surface area contributed by atoms with Gasteiger partial charge in [0.25, 0.3) is 0 Å². The summed E-state index contributed by atoms with van der Waals surface area (Å²) >= 11 is 0. The first-order chi connectivity index (χ1) is 11.1. The van der Waals surface area contributed by atoms with Crippen molar-refractivity contribution in [3.05, 3.63) is 65.7 Å². The van der Waals surface area contributed by atoms with Crippen molar-refractivity contribution in [3.8, 4) is 0 Å². The number of hydrogen-bond acceptors (Lipinski definition) is 2. The van der Waals surface area contributed by atoms with Crippen molar-refractivity contribution in [1.82, 2.24) is 4.90 Å². The molecule has 2 aliphatic rings. The van der Waals surface area contributed by atoms with E-state index in [0.717, 1.165) is 17.0 Å². The van der Waals surface area contributed by atoms with Gasteiger partial charge >= 0.3 is 0 Å². The molecule has 2 aliphatic heterocycles. The van der Waals surface area contributed by atoms with Crippen molar-refractivity contribution in [3.63, 3.8) is 0 Å². The SMILES string of the molecule is CC(C)N1CC2(CC1=O)C(c1ccccc1)=Nc1ccccc12. The number of nitrogens with zero attached hydrogens (tertiary/aromatic N) is 2. The van der Waals surface area contributed by atoms with Gasteiger partial charge in [-0.05, 0) is 31.0 Å². The third-order valence-electron chi connectivity index (χ3n) is 4.99. The van der Waals surface area contributed by atoms with Gasteiger partial charge in [0.2, 0.25) is 5.91 Å². The van der Waals surface area contributed by atoms with Gasteiger partial charge in [0.1, 0.15) is 0 Å². The summed E-state index contributed by atoms with van der Waals surface area (Å²) in [6, 6.07) is 18.7. The van der Waals surface area contributed by atoms with Gasteiger partial charge in [0.15, 0.2) is 0 Å². The maximum absolute atomic E-state index is 12.6. The average Bonchev–Trinajstić information content (AvgIpc) is 3.07. The highest BCUT2D eigenvalue weighted by Gasteiger charge is 2.52. The number of rotatable bonds is 2. The Labute approximate surface area is 136 Å². The van der Waals surface area contributed by atoms with Crippen LogP contribution in [-0.4, -0.2) is 29.1 Å². The fourth-order valence-corrected chi connectivity index (χ4v) is 3.87. The van der Waals surface area contributed by atoms with Crippen LogP contribution in [0.4, 0.5) is 5.69 Å². The number of carbonyl (C=O) groups excluding carboxylic acids is 1. The highest BCUT2D eigenvalue weighted by molar-refractivity contribution is 6.15. The Morgan fingerprint density at radius 2 is 1.74 bits per heavy atom. The van der Waals surface area contributed by atoms with Crippen molar-refractivity contribution >= 4 is 17.3 Å². The van der Waals surface area contributed by atoms with E-state index in [4.69, 9.17) is 4.99 Å². The predicted octanol–water partition coefficient (Wildman–Crippen LogP) is 3.70. The second kappa shape index (κ2) is 5.05. The summed E-state index contributed by atoms with van der Waals surface area (Å²) in [7, 11) is 0. The molecule has 2 aromatic rings. The Hall–Kier alpha value is -2.42. The molecule has 2 aromatic carbocycles. The molecule has 3 nitrogen and oxygen atoms in total. The van der Waals surface area contributed by atoms with Gasteiger partial charge in [-0.15, -0.1) is 0 Å². The third-order valence-corrected chi connectivity index (χ3v) is 4.99. The Bertz CT molecular complexity index is 794. The Kier molecular flexibility index (Phi) is 3.12. The van der Waals surface area contributed by atoms with E-state index in [9.17, 15) is 4.79 Å². The zero-order valence-corrected chi connectivity index (χ0v) is 13.5. The lowest BCUT2D eigenvalue weighted by atomic mass is 9.74. The summed E-state index contributed by atoms with van der Waals surface area (Å²) in [5.74, 6) is 0.223. The first kappa shape index (κ1) is 14.2. The van der Waals surface area contributed by atoms with Gasteiger partial charge in [-0.2, -0.15) is 0 Å². The lowest BCUT2D eigenvalue weighted by molar-refractivity contribution is -0.129. The van der Waals surface area contributed by atoms with Gasteiger partial charge in [0, 0.05) is 19.0 Å². The van der Waals surface area contributed by atoms with Gasteiger partial charge < -0.3 is 4.90 Å². The van der Waals surface area contributed by atoms with Crippen molar-refractivity contribution in [1.29, 1.82) is 0 Å². The molecule has 0 aliphatic carbocycles. The molecular weight excluding hydrogens is 284 g/mol. The second-order valence-corrected chi connectivity index (χ2v) is 6.72. The Balaban J connectivity index is 1.89. The van der Waals surface area contributed by atoms with Gasteiger partial charge in [-0.25, -0.2) is 0 Å². The van der Waals surface area contributed by atoms with Crippen molar-refractivity contribution < 1.29 is 4.79 Å². The summed E-state index contributed by atoms with van der Waals surface area (Å²) in [6.07, 6.45) is 0.510. The molecule has 1 unspecified atom stereocenters. The van der Waals surface area contributed by atoms with Crippen molar-refractivity contribution in [2.45, 2.75) is 31.7 Å². The van der Waals surface area contributed by atoms with Crippen LogP contribution in [0.3, 0.4) is 0 Å². The van der Waals surface area contributed by atoms with E-state index in [2.05, 4.69) is 38.1 Å². The summed E-state index contributed by atoms with van der Waals surface area (Å²) in [5, 5.41) is 0. The van der Waals surface area contributed by atoms with Crippen LogP contribution >= 0.6 is 0 Å². The highest BCUT2D eigenvalue weighted by atomic mass is 16.2. The van der Waals surface area contributed by atoms with Crippen molar-refractivity contribution in [2.75, 3.05) is 6.54 Å². The van der Waals surface area contributed by atoms with Crippen LogP contribution < -0.4 is 0 Å². The van der Waals surface area contributed by atoms with E-state index in [1.54, 1.807) is 0 Å². The maximum atomic E-state index is 12.6. The van der Waals surface area contributed by atoms with Crippen LogP contribution in [0.1, 0.15) is 31.4 Å². The van der Waals surface area contributed by atoms with Crippen LogP contribution in [0, 0.1) is 0 Å². The van der Waals surface area contributed by atoms with Crippen LogP contribution in [0.5, 0.6) is 0 Å². The number of aliphatic imine (C=N–C) groups is 1. The topological polar surface area (TPSA) is 32.7 Å². The molecule has 0 N–H and O–H groups in total. The normalized spacial score (nSPS) is 22.8. The van der Waals surface area contributed by atoms with Gasteiger partial charge in [-0.1, -0.05) is 48.5 Å². The zero-order chi connectivity index (χ0) is 16.0. The molecular formula is C20H20N2O. The molecule has 1 atom stereocenters. The summed E-state index contributed by atoms with van der Waals surface area (Å²) in [5.41, 5.74) is 4.04. The lowest BCUT2D eigenvalue weighted by Crippen LogP contribution is -2.39. The molecule has 116 valence electrons. The molecule has 1 fully saturated rings. The average molecular weight is 304 g/mol. The van der Waals surface area contributed by atoms with E-state index in [-0.39, 0.29) is 17.4 Å². The summed E-state index contributed by atoms with van der Waals surface area (Å²) in [4.78, 5) is 19.5. The van der Waals surface area contributed by atoms with E-state index < -0.39 is 0 Å². The minimum absolute atomic E-state index is 0.215.